The zero-order valence-corrected chi connectivity index (χ0v) is 19.6. The van der Waals surface area contributed by atoms with Crippen molar-refractivity contribution in [3.8, 4) is 17.1 Å². The van der Waals surface area contributed by atoms with Crippen molar-refractivity contribution in [1.29, 1.82) is 0 Å². The molecule has 0 unspecified atom stereocenters. The third-order valence-electron chi connectivity index (χ3n) is 4.80. The number of nitrogens with one attached hydrogen (secondary N) is 1. The molecule has 0 fully saturated rings. The number of halogens is 1. The van der Waals surface area contributed by atoms with E-state index in [1.807, 2.05) is 78.2 Å². The minimum Gasteiger partial charge on any atom is -0.492 e. The lowest BCUT2D eigenvalue weighted by Crippen LogP contribution is -2.15. The van der Waals surface area contributed by atoms with E-state index in [1.165, 1.54) is 11.8 Å². The van der Waals surface area contributed by atoms with Crippen LogP contribution in [-0.4, -0.2) is 33.0 Å². The predicted octanol–water partition coefficient (Wildman–Crippen LogP) is 5.78. The van der Waals surface area contributed by atoms with Gasteiger partial charge in [0.25, 0.3) is 0 Å². The molecule has 4 rings (SSSR count). The van der Waals surface area contributed by atoms with Crippen molar-refractivity contribution in [2.75, 3.05) is 17.7 Å². The van der Waals surface area contributed by atoms with Crippen LogP contribution < -0.4 is 10.1 Å². The van der Waals surface area contributed by atoms with Crippen molar-refractivity contribution in [3.05, 3.63) is 89.4 Å². The maximum absolute atomic E-state index is 12.7. The Morgan fingerprint density at radius 3 is 2.48 bits per heavy atom. The number of thioether (sulfide) groups is 1. The van der Waals surface area contributed by atoms with Gasteiger partial charge in [-0.1, -0.05) is 65.8 Å². The Hall–Kier alpha value is -3.29. The highest BCUT2D eigenvalue weighted by molar-refractivity contribution is 7.99. The van der Waals surface area contributed by atoms with Crippen molar-refractivity contribution in [2.45, 2.75) is 18.6 Å². The summed E-state index contributed by atoms with van der Waals surface area (Å²) in [6.45, 7) is 3.02. The van der Waals surface area contributed by atoms with Gasteiger partial charge in [-0.3, -0.25) is 9.36 Å². The van der Waals surface area contributed by atoms with Gasteiger partial charge in [0.05, 0.1) is 24.6 Å². The number of aromatic nitrogens is 3. The van der Waals surface area contributed by atoms with Gasteiger partial charge < -0.3 is 10.1 Å². The highest BCUT2D eigenvalue weighted by Crippen LogP contribution is 2.27. The van der Waals surface area contributed by atoms with Crippen LogP contribution >= 0.6 is 23.4 Å². The average molecular weight is 479 g/mol. The molecule has 168 valence electrons. The summed E-state index contributed by atoms with van der Waals surface area (Å²) in [6.07, 6.45) is 0. The van der Waals surface area contributed by atoms with E-state index in [0.29, 0.717) is 34.8 Å². The number of anilines is 1. The summed E-state index contributed by atoms with van der Waals surface area (Å²) >= 11 is 7.40. The lowest BCUT2D eigenvalue weighted by Gasteiger charge is -2.12. The van der Waals surface area contributed by atoms with Crippen molar-refractivity contribution in [2.24, 2.45) is 0 Å². The summed E-state index contributed by atoms with van der Waals surface area (Å²) in [4.78, 5) is 12.7. The van der Waals surface area contributed by atoms with Crippen molar-refractivity contribution < 1.29 is 9.53 Å². The average Bonchev–Trinajstić information content (AvgIpc) is 3.22. The van der Waals surface area contributed by atoms with E-state index in [4.69, 9.17) is 16.3 Å². The molecule has 0 spiro atoms. The fourth-order valence-corrected chi connectivity index (χ4v) is 4.15. The first-order chi connectivity index (χ1) is 16.1. The zero-order chi connectivity index (χ0) is 23.0. The van der Waals surface area contributed by atoms with Gasteiger partial charge in [0.1, 0.15) is 5.75 Å². The maximum Gasteiger partial charge on any atom is 0.234 e. The van der Waals surface area contributed by atoms with Gasteiger partial charge in [-0.15, -0.1) is 10.2 Å². The lowest BCUT2D eigenvalue weighted by atomic mass is 10.2. The van der Waals surface area contributed by atoms with Crippen LogP contribution in [0.1, 0.15) is 12.5 Å². The van der Waals surface area contributed by atoms with E-state index in [0.717, 1.165) is 17.0 Å². The third-order valence-corrected chi connectivity index (χ3v) is 6.01. The van der Waals surface area contributed by atoms with Crippen LogP contribution in [0.5, 0.6) is 5.75 Å². The molecule has 0 saturated carbocycles. The summed E-state index contributed by atoms with van der Waals surface area (Å²) in [5, 5.41) is 13.0. The number of benzene rings is 3. The topological polar surface area (TPSA) is 69.0 Å². The van der Waals surface area contributed by atoms with Crippen LogP contribution in [0.15, 0.2) is 84.0 Å². The van der Waals surface area contributed by atoms with Crippen molar-refractivity contribution in [1.82, 2.24) is 14.8 Å². The minimum absolute atomic E-state index is 0.144. The van der Waals surface area contributed by atoms with Crippen molar-refractivity contribution >= 4 is 35.0 Å². The maximum atomic E-state index is 12.7. The Labute approximate surface area is 202 Å². The smallest absolute Gasteiger partial charge is 0.234 e. The molecule has 8 heteroatoms. The van der Waals surface area contributed by atoms with E-state index in [-0.39, 0.29) is 11.7 Å². The number of carbonyl (C=O) groups excluding carboxylic acids is 1. The number of para-hydroxylation sites is 2. The van der Waals surface area contributed by atoms with Gasteiger partial charge in [0, 0.05) is 10.6 Å². The Balaban J connectivity index is 1.53. The Bertz CT molecular complexity index is 1210. The molecule has 0 saturated heterocycles. The first-order valence-electron chi connectivity index (χ1n) is 10.5. The lowest BCUT2D eigenvalue weighted by molar-refractivity contribution is -0.113. The normalized spacial score (nSPS) is 10.7. The molecule has 3 aromatic carbocycles. The second kappa shape index (κ2) is 11.0. The van der Waals surface area contributed by atoms with Gasteiger partial charge >= 0.3 is 0 Å². The number of nitrogens with zero attached hydrogens (tertiary/aromatic N) is 3. The number of ether oxygens (including phenoxy) is 1. The fraction of sp³-hybridized carbons (Fsp3) is 0.160. The fourth-order valence-electron chi connectivity index (χ4n) is 3.28. The summed E-state index contributed by atoms with van der Waals surface area (Å²) in [6, 6.07) is 25.0. The molecule has 1 aromatic heterocycles. The second-order valence-corrected chi connectivity index (χ2v) is 8.53. The van der Waals surface area contributed by atoms with Gasteiger partial charge in [-0.2, -0.15) is 0 Å². The Morgan fingerprint density at radius 2 is 1.73 bits per heavy atom. The van der Waals surface area contributed by atoms with E-state index >= 15 is 0 Å². The predicted molar refractivity (Wildman–Crippen MR) is 133 cm³/mol. The molecule has 0 aliphatic carbocycles. The van der Waals surface area contributed by atoms with E-state index in [2.05, 4.69) is 27.6 Å². The van der Waals surface area contributed by atoms with Gasteiger partial charge in [-0.25, -0.2) is 0 Å². The molecule has 1 amide bonds. The molecule has 0 radical (unpaired) electrons. The number of hydrogen-bond acceptors (Lipinski definition) is 5. The van der Waals surface area contributed by atoms with Crippen LogP contribution in [0.25, 0.3) is 11.4 Å². The number of amides is 1. The first kappa shape index (κ1) is 22.9. The van der Waals surface area contributed by atoms with E-state index < -0.39 is 0 Å². The van der Waals surface area contributed by atoms with Crippen LogP contribution in [0, 0.1) is 0 Å². The molecule has 0 aliphatic heterocycles. The first-order valence-corrected chi connectivity index (χ1v) is 11.9. The third kappa shape index (κ3) is 5.94. The van der Waals surface area contributed by atoms with Gasteiger partial charge in [-0.05, 0) is 48.9 Å². The number of hydrogen-bond donors (Lipinski definition) is 1. The molecular weight excluding hydrogens is 456 g/mol. The molecule has 33 heavy (non-hydrogen) atoms. The zero-order valence-electron chi connectivity index (χ0n) is 18.1. The quantitative estimate of drug-likeness (QED) is 0.309. The van der Waals surface area contributed by atoms with E-state index in [1.54, 1.807) is 0 Å². The van der Waals surface area contributed by atoms with Crippen LogP contribution in [0.4, 0.5) is 5.69 Å². The standard InChI is InChI=1S/C25H23ClN4O2S/c1-2-32-22-11-7-6-10-21(22)27-23(31)17-33-25-29-28-24(19-12-14-20(26)15-13-19)30(25)16-18-8-4-3-5-9-18/h3-15H,2,16-17H2,1H3,(H,27,31). The number of rotatable bonds is 9. The van der Waals surface area contributed by atoms with Crippen LogP contribution in [-0.2, 0) is 11.3 Å². The molecule has 0 atom stereocenters. The summed E-state index contributed by atoms with van der Waals surface area (Å²) in [7, 11) is 0. The summed E-state index contributed by atoms with van der Waals surface area (Å²) < 4.78 is 7.61. The summed E-state index contributed by atoms with van der Waals surface area (Å²) in [5.41, 5.74) is 2.67. The molecule has 0 bridgehead atoms. The van der Waals surface area contributed by atoms with Gasteiger partial charge in [0.15, 0.2) is 11.0 Å². The van der Waals surface area contributed by atoms with Crippen LogP contribution in [0.2, 0.25) is 5.02 Å². The second-order valence-electron chi connectivity index (χ2n) is 7.15. The summed E-state index contributed by atoms with van der Waals surface area (Å²) in [5.74, 6) is 1.42. The minimum atomic E-state index is -0.144. The molecule has 4 aromatic rings. The largest absolute Gasteiger partial charge is 0.492 e. The molecular formula is C25H23ClN4O2S. The highest BCUT2D eigenvalue weighted by atomic mass is 35.5. The molecule has 1 heterocycles. The molecule has 1 N–H and O–H groups in total. The Kier molecular flexibility index (Phi) is 7.65. The molecule has 6 nitrogen and oxygen atoms in total. The van der Waals surface area contributed by atoms with Crippen LogP contribution in [0.3, 0.4) is 0 Å². The van der Waals surface area contributed by atoms with Gasteiger partial charge in [0.2, 0.25) is 5.91 Å². The number of carbonyl (C=O) groups is 1. The van der Waals surface area contributed by atoms with Crippen molar-refractivity contribution in [3.63, 3.8) is 0 Å². The monoisotopic (exact) mass is 478 g/mol. The Morgan fingerprint density at radius 1 is 1.00 bits per heavy atom. The van der Waals surface area contributed by atoms with E-state index in [9.17, 15) is 4.79 Å². The SMILES string of the molecule is CCOc1ccccc1NC(=O)CSc1nnc(-c2ccc(Cl)cc2)n1Cc1ccccc1. The molecule has 0 aliphatic rings. The highest BCUT2D eigenvalue weighted by Gasteiger charge is 2.17.